The first-order valence-electron chi connectivity index (χ1n) is 8.86. The quantitative estimate of drug-likeness (QED) is 0.621. The lowest BCUT2D eigenvalue weighted by Crippen LogP contribution is -2.27. The molecule has 0 saturated heterocycles. The van der Waals surface area contributed by atoms with Crippen LogP contribution in [-0.2, 0) is 19.4 Å². The Labute approximate surface area is 165 Å². The Balaban J connectivity index is 1.65. The molecule has 0 radical (unpaired) electrons. The van der Waals surface area contributed by atoms with Crippen molar-refractivity contribution in [1.29, 1.82) is 0 Å². The summed E-state index contributed by atoms with van der Waals surface area (Å²) >= 11 is 5.80. The van der Waals surface area contributed by atoms with Gasteiger partial charge in [0.2, 0.25) is 0 Å². The Morgan fingerprint density at radius 3 is 2.75 bits per heavy atom. The predicted octanol–water partition coefficient (Wildman–Crippen LogP) is 3.96. The molecular weight excluding hydrogens is 386 g/mol. The fourth-order valence-electron chi connectivity index (χ4n) is 3.47. The Morgan fingerprint density at radius 2 is 2.04 bits per heavy atom. The maximum atomic E-state index is 13.7. The van der Waals surface area contributed by atoms with E-state index in [1.165, 1.54) is 6.07 Å². The molecule has 0 fully saturated rings. The van der Waals surface area contributed by atoms with Crippen LogP contribution >= 0.6 is 11.6 Å². The molecule has 0 bridgehead atoms. The minimum Gasteiger partial charge on any atom is -0.336 e. The second-order valence-electron chi connectivity index (χ2n) is 6.79. The molecule has 28 heavy (non-hydrogen) atoms. The fourth-order valence-corrected chi connectivity index (χ4v) is 3.58. The third kappa shape index (κ3) is 3.38. The number of nitrogens with zero attached hydrogens (tertiary/aromatic N) is 4. The summed E-state index contributed by atoms with van der Waals surface area (Å²) < 4.78 is 28.5. The Hall–Kier alpha value is -2.80. The van der Waals surface area contributed by atoms with Crippen molar-refractivity contribution in [3.8, 4) is 5.69 Å². The van der Waals surface area contributed by atoms with Crippen LogP contribution in [0.4, 0.5) is 8.78 Å². The largest absolute Gasteiger partial charge is 0.336 e. The van der Waals surface area contributed by atoms with Gasteiger partial charge in [-0.3, -0.25) is 4.79 Å². The molecule has 0 unspecified atom stereocenters. The highest BCUT2D eigenvalue weighted by Gasteiger charge is 2.28. The summed E-state index contributed by atoms with van der Waals surface area (Å²) in [6.07, 6.45) is 3.98. The number of pyridine rings is 1. The molecule has 1 aromatic carbocycles. The molecular formula is C20H17ClF2N4O. The van der Waals surface area contributed by atoms with E-state index < -0.39 is 11.6 Å². The van der Waals surface area contributed by atoms with Crippen molar-refractivity contribution < 1.29 is 13.6 Å². The molecule has 3 aromatic rings. The Morgan fingerprint density at radius 1 is 1.21 bits per heavy atom. The average Bonchev–Trinajstić information content (AvgIpc) is 3.28. The molecule has 0 aliphatic heterocycles. The van der Waals surface area contributed by atoms with E-state index in [1.54, 1.807) is 28.9 Å². The van der Waals surface area contributed by atoms with E-state index >= 15 is 0 Å². The van der Waals surface area contributed by atoms with E-state index in [4.69, 9.17) is 11.6 Å². The number of hydrogen-bond acceptors (Lipinski definition) is 3. The van der Waals surface area contributed by atoms with Gasteiger partial charge in [-0.05, 0) is 43.0 Å². The minimum atomic E-state index is -0.944. The van der Waals surface area contributed by atoms with Gasteiger partial charge in [-0.25, -0.2) is 18.4 Å². The van der Waals surface area contributed by atoms with Crippen molar-refractivity contribution >= 4 is 17.5 Å². The zero-order valence-electron chi connectivity index (χ0n) is 15.1. The smallest absolute Gasteiger partial charge is 0.274 e. The summed E-state index contributed by atoms with van der Waals surface area (Å²) in [5, 5.41) is 4.84. The van der Waals surface area contributed by atoms with Crippen molar-refractivity contribution in [3.05, 3.63) is 75.8 Å². The van der Waals surface area contributed by atoms with Gasteiger partial charge in [0.25, 0.3) is 5.91 Å². The van der Waals surface area contributed by atoms with Gasteiger partial charge >= 0.3 is 0 Å². The number of carbonyl (C=O) groups excluding carboxylic acids is 1. The maximum Gasteiger partial charge on any atom is 0.274 e. The van der Waals surface area contributed by atoms with Gasteiger partial charge in [0.1, 0.15) is 5.15 Å². The van der Waals surface area contributed by atoms with Gasteiger partial charge in [-0.1, -0.05) is 17.7 Å². The van der Waals surface area contributed by atoms with Crippen LogP contribution in [-0.4, -0.2) is 32.6 Å². The molecule has 2 heterocycles. The number of carbonyl (C=O) groups is 1. The summed E-state index contributed by atoms with van der Waals surface area (Å²) in [4.78, 5) is 18.6. The van der Waals surface area contributed by atoms with E-state index in [2.05, 4.69) is 10.1 Å². The SMILES string of the molecule is CN(Cc1ccc(Cl)nc1)C(=O)c1nn(-c2ccc(F)c(F)c2)c2c1CCC2. The normalized spacial score (nSPS) is 12.9. The fraction of sp³-hybridized carbons (Fsp3) is 0.250. The summed E-state index contributed by atoms with van der Waals surface area (Å²) in [5.41, 5.74) is 3.34. The van der Waals surface area contributed by atoms with Crippen LogP contribution in [0.5, 0.6) is 0 Å². The van der Waals surface area contributed by atoms with Gasteiger partial charge in [0.15, 0.2) is 17.3 Å². The molecule has 144 valence electrons. The van der Waals surface area contributed by atoms with Crippen molar-refractivity contribution in [2.45, 2.75) is 25.8 Å². The maximum absolute atomic E-state index is 13.7. The summed E-state index contributed by atoms with van der Waals surface area (Å²) in [5.74, 6) is -2.09. The number of amides is 1. The molecule has 1 aliphatic rings. The Kier molecular flexibility index (Phi) is 4.85. The van der Waals surface area contributed by atoms with Crippen LogP contribution in [0.2, 0.25) is 5.15 Å². The van der Waals surface area contributed by atoms with Crippen molar-refractivity contribution in [1.82, 2.24) is 19.7 Å². The number of fused-ring (bicyclic) bond motifs is 1. The molecule has 8 heteroatoms. The van der Waals surface area contributed by atoms with E-state index in [9.17, 15) is 13.6 Å². The van der Waals surface area contributed by atoms with Crippen LogP contribution in [0.25, 0.3) is 5.69 Å². The molecule has 1 aliphatic carbocycles. The summed E-state index contributed by atoms with van der Waals surface area (Å²) in [6.45, 7) is 0.357. The lowest BCUT2D eigenvalue weighted by atomic mass is 10.1. The predicted molar refractivity (Wildman–Crippen MR) is 101 cm³/mol. The topological polar surface area (TPSA) is 51.0 Å². The second kappa shape index (κ2) is 7.31. The van der Waals surface area contributed by atoms with E-state index in [0.29, 0.717) is 23.1 Å². The first-order chi connectivity index (χ1) is 13.4. The third-order valence-electron chi connectivity index (χ3n) is 4.84. The number of halogens is 3. The van der Waals surface area contributed by atoms with E-state index in [-0.39, 0.29) is 5.91 Å². The third-order valence-corrected chi connectivity index (χ3v) is 5.06. The summed E-state index contributed by atoms with van der Waals surface area (Å²) in [6, 6.07) is 7.10. The molecule has 2 aromatic heterocycles. The lowest BCUT2D eigenvalue weighted by Gasteiger charge is -2.16. The highest BCUT2D eigenvalue weighted by molar-refractivity contribution is 6.29. The van der Waals surface area contributed by atoms with Crippen LogP contribution in [0.15, 0.2) is 36.5 Å². The standard InChI is InChI=1S/C20H17ClF2N4O/c1-26(11-12-5-8-18(21)24-10-12)20(28)19-14-3-2-4-17(14)27(25-19)13-6-7-15(22)16(23)9-13/h5-10H,2-4,11H2,1H3. The molecule has 0 spiro atoms. The highest BCUT2D eigenvalue weighted by Crippen LogP contribution is 2.29. The average molecular weight is 403 g/mol. The monoisotopic (exact) mass is 402 g/mol. The van der Waals surface area contributed by atoms with Crippen molar-refractivity contribution in [2.24, 2.45) is 0 Å². The Bertz CT molecular complexity index is 1050. The van der Waals surface area contributed by atoms with Crippen LogP contribution in [0.3, 0.4) is 0 Å². The van der Waals surface area contributed by atoms with Gasteiger partial charge in [-0.2, -0.15) is 5.10 Å². The molecule has 1 amide bonds. The van der Waals surface area contributed by atoms with Crippen molar-refractivity contribution in [2.75, 3.05) is 7.05 Å². The molecule has 0 N–H and O–H groups in total. The van der Waals surface area contributed by atoms with E-state index in [1.807, 2.05) is 6.07 Å². The molecule has 0 atom stereocenters. The number of aromatic nitrogens is 3. The zero-order chi connectivity index (χ0) is 19.8. The van der Waals surface area contributed by atoms with Gasteiger partial charge < -0.3 is 4.90 Å². The highest BCUT2D eigenvalue weighted by atomic mass is 35.5. The van der Waals surface area contributed by atoms with Gasteiger partial charge in [0.05, 0.1) is 5.69 Å². The zero-order valence-corrected chi connectivity index (χ0v) is 15.9. The van der Waals surface area contributed by atoms with Gasteiger partial charge in [-0.15, -0.1) is 0 Å². The van der Waals surface area contributed by atoms with Crippen molar-refractivity contribution in [3.63, 3.8) is 0 Å². The van der Waals surface area contributed by atoms with E-state index in [0.717, 1.165) is 48.2 Å². The molecule has 0 saturated carbocycles. The van der Waals surface area contributed by atoms with Crippen LogP contribution in [0, 0.1) is 11.6 Å². The lowest BCUT2D eigenvalue weighted by molar-refractivity contribution is 0.0777. The van der Waals surface area contributed by atoms with Crippen LogP contribution < -0.4 is 0 Å². The summed E-state index contributed by atoms with van der Waals surface area (Å²) in [7, 11) is 1.69. The van der Waals surface area contributed by atoms with Crippen LogP contribution in [0.1, 0.15) is 33.7 Å². The first-order valence-corrected chi connectivity index (χ1v) is 9.24. The number of benzene rings is 1. The minimum absolute atomic E-state index is 0.227. The molecule has 5 nitrogen and oxygen atoms in total. The van der Waals surface area contributed by atoms with Gasteiger partial charge in [0, 0.05) is 37.1 Å². The number of hydrogen-bond donors (Lipinski definition) is 0. The first kappa shape index (κ1) is 18.6. The second-order valence-corrected chi connectivity index (χ2v) is 7.18. The number of rotatable bonds is 4. The molecule has 4 rings (SSSR count).